The molecule has 4 heteroatoms. The van der Waals surface area contributed by atoms with Gasteiger partial charge in [-0.05, 0) is 31.0 Å². The highest BCUT2D eigenvalue weighted by molar-refractivity contribution is 6.00. The van der Waals surface area contributed by atoms with Crippen LogP contribution in [0.4, 0.5) is 5.69 Å². The normalized spacial score (nSPS) is 19.6. The lowest BCUT2D eigenvalue weighted by Crippen LogP contribution is -2.24. The molecule has 0 aliphatic carbocycles. The van der Waals surface area contributed by atoms with Gasteiger partial charge in [0, 0.05) is 36.9 Å². The summed E-state index contributed by atoms with van der Waals surface area (Å²) in [6.45, 7) is 4.04. The molecule has 0 amide bonds. The number of aliphatic hydroxyl groups excluding tert-OH is 1. The number of aliphatic hydroxyl groups is 1. The van der Waals surface area contributed by atoms with Crippen molar-refractivity contribution in [2.24, 2.45) is 11.7 Å². The SMILES string of the molecule is Cc1ccc(C(=N)N)c(N2CCC(CO)C2)c1. The van der Waals surface area contributed by atoms with Crippen LogP contribution in [0.25, 0.3) is 0 Å². The Balaban J connectivity index is 2.31. The second-order valence-corrected chi connectivity index (χ2v) is 4.72. The van der Waals surface area contributed by atoms with Gasteiger partial charge in [0.25, 0.3) is 0 Å². The first kappa shape index (κ1) is 11.9. The van der Waals surface area contributed by atoms with E-state index in [1.54, 1.807) is 0 Å². The van der Waals surface area contributed by atoms with Gasteiger partial charge in [0.1, 0.15) is 5.84 Å². The molecule has 1 saturated heterocycles. The second-order valence-electron chi connectivity index (χ2n) is 4.72. The molecule has 1 unspecified atom stereocenters. The summed E-state index contributed by atoms with van der Waals surface area (Å²) in [6.07, 6.45) is 1.00. The fourth-order valence-corrected chi connectivity index (χ4v) is 2.33. The van der Waals surface area contributed by atoms with Crippen LogP contribution in [0.1, 0.15) is 17.5 Å². The maximum absolute atomic E-state index is 9.17. The molecular formula is C13H19N3O. The van der Waals surface area contributed by atoms with Gasteiger partial charge in [0.15, 0.2) is 0 Å². The predicted molar refractivity (Wildman–Crippen MR) is 69.6 cm³/mol. The van der Waals surface area contributed by atoms with Crippen LogP contribution in [0.3, 0.4) is 0 Å². The Labute approximate surface area is 102 Å². The van der Waals surface area contributed by atoms with E-state index in [0.29, 0.717) is 5.92 Å². The van der Waals surface area contributed by atoms with Gasteiger partial charge in [-0.3, -0.25) is 5.41 Å². The summed E-state index contributed by atoms with van der Waals surface area (Å²) >= 11 is 0. The zero-order valence-electron chi connectivity index (χ0n) is 10.1. The smallest absolute Gasteiger partial charge is 0.124 e. The number of nitrogens with zero attached hydrogens (tertiary/aromatic N) is 1. The fourth-order valence-electron chi connectivity index (χ4n) is 2.33. The summed E-state index contributed by atoms with van der Waals surface area (Å²) < 4.78 is 0. The summed E-state index contributed by atoms with van der Waals surface area (Å²) in [5, 5.41) is 16.8. The highest BCUT2D eigenvalue weighted by Gasteiger charge is 2.24. The Hall–Kier alpha value is -1.55. The number of benzene rings is 1. The van der Waals surface area contributed by atoms with E-state index in [9.17, 15) is 5.11 Å². The topological polar surface area (TPSA) is 73.3 Å². The van der Waals surface area contributed by atoms with Crippen LogP contribution in [-0.4, -0.2) is 30.6 Å². The highest BCUT2D eigenvalue weighted by atomic mass is 16.3. The van der Waals surface area contributed by atoms with Gasteiger partial charge < -0.3 is 15.7 Å². The van der Waals surface area contributed by atoms with Gasteiger partial charge in [-0.25, -0.2) is 0 Å². The van der Waals surface area contributed by atoms with E-state index in [4.69, 9.17) is 11.1 Å². The molecule has 4 nitrogen and oxygen atoms in total. The van der Waals surface area contributed by atoms with Gasteiger partial charge in [-0.1, -0.05) is 6.07 Å². The maximum atomic E-state index is 9.17. The molecule has 0 bridgehead atoms. The Morgan fingerprint density at radius 3 is 2.94 bits per heavy atom. The first-order valence-corrected chi connectivity index (χ1v) is 5.92. The molecule has 1 aliphatic rings. The van der Waals surface area contributed by atoms with Crippen LogP contribution in [-0.2, 0) is 0 Å². The summed E-state index contributed by atoms with van der Waals surface area (Å²) in [7, 11) is 0. The number of hydrogen-bond donors (Lipinski definition) is 3. The summed E-state index contributed by atoms with van der Waals surface area (Å²) in [6, 6.07) is 5.94. The molecule has 1 aliphatic heterocycles. The number of rotatable bonds is 3. The number of nitrogens with one attached hydrogen (secondary N) is 1. The minimum atomic E-state index is 0.104. The number of amidine groups is 1. The number of nitrogens with two attached hydrogens (primary N) is 1. The molecule has 0 spiro atoms. The van der Waals surface area contributed by atoms with Crippen molar-refractivity contribution in [1.29, 1.82) is 5.41 Å². The minimum Gasteiger partial charge on any atom is -0.396 e. The van der Waals surface area contributed by atoms with E-state index in [0.717, 1.165) is 36.3 Å². The summed E-state index contributed by atoms with van der Waals surface area (Å²) in [4.78, 5) is 2.21. The Morgan fingerprint density at radius 1 is 1.59 bits per heavy atom. The lowest BCUT2D eigenvalue weighted by Gasteiger charge is -2.22. The zero-order valence-corrected chi connectivity index (χ0v) is 10.1. The lowest BCUT2D eigenvalue weighted by atomic mass is 10.1. The Morgan fingerprint density at radius 2 is 2.35 bits per heavy atom. The monoisotopic (exact) mass is 233 g/mol. The Kier molecular flexibility index (Phi) is 3.33. The molecule has 2 rings (SSSR count). The second kappa shape index (κ2) is 4.75. The highest BCUT2D eigenvalue weighted by Crippen LogP contribution is 2.27. The summed E-state index contributed by atoms with van der Waals surface area (Å²) in [5.41, 5.74) is 8.58. The third kappa shape index (κ3) is 2.42. The average Bonchev–Trinajstić information content (AvgIpc) is 2.76. The van der Waals surface area contributed by atoms with Crippen LogP contribution in [0, 0.1) is 18.3 Å². The number of anilines is 1. The molecule has 0 aromatic heterocycles. The van der Waals surface area contributed by atoms with Crippen molar-refractivity contribution in [2.75, 3.05) is 24.6 Å². The van der Waals surface area contributed by atoms with Crippen molar-refractivity contribution < 1.29 is 5.11 Å². The number of aryl methyl sites for hydroxylation is 1. The van der Waals surface area contributed by atoms with Crippen LogP contribution in [0.5, 0.6) is 0 Å². The van der Waals surface area contributed by atoms with Crippen molar-refractivity contribution in [3.63, 3.8) is 0 Å². The predicted octanol–water partition coefficient (Wildman–Crippen LogP) is 1.10. The third-order valence-corrected chi connectivity index (χ3v) is 3.33. The lowest BCUT2D eigenvalue weighted by molar-refractivity contribution is 0.238. The van der Waals surface area contributed by atoms with Gasteiger partial charge in [0.05, 0.1) is 0 Å². The largest absolute Gasteiger partial charge is 0.396 e. The minimum absolute atomic E-state index is 0.104. The van der Waals surface area contributed by atoms with Crippen molar-refractivity contribution in [3.05, 3.63) is 29.3 Å². The molecule has 0 radical (unpaired) electrons. The molecule has 17 heavy (non-hydrogen) atoms. The first-order valence-electron chi connectivity index (χ1n) is 5.92. The van der Waals surface area contributed by atoms with Crippen LogP contribution in [0.15, 0.2) is 18.2 Å². The standard InChI is InChI=1S/C13H19N3O/c1-9-2-3-11(13(14)15)12(6-9)16-5-4-10(7-16)8-17/h2-3,6,10,17H,4-5,7-8H2,1H3,(H3,14,15). The van der Waals surface area contributed by atoms with Gasteiger partial charge >= 0.3 is 0 Å². The fraction of sp³-hybridized carbons (Fsp3) is 0.462. The van der Waals surface area contributed by atoms with E-state index in [-0.39, 0.29) is 12.4 Å². The zero-order chi connectivity index (χ0) is 12.4. The molecule has 1 atom stereocenters. The molecule has 1 heterocycles. The molecular weight excluding hydrogens is 214 g/mol. The van der Waals surface area contributed by atoms with E-state index in [1.165, 1.54) is 0 Å². The quantitative estimate of drug-likeness (QED) is 0.540. The van der Waals surface area contributed by atoms with Gasteiger partial charge in [-0.2, -0.15) is 0 Å². The molecule has 4 N–H and O–H groups in total. The van der Waals surface area contributed by atoms with Crippen molar-refractivity contribution in [2.45, 2.75) is 13.3 Å². The van der Waals surface area contributed by atoms with E-state index < -0.39 is 0 Å². The molecule has 0 saturated carbocycles. The van der Waals surface area contributed by atoms with Gasteiger partial charge in [-0.15, -0.1) is 0 Å². The van der Waals surface area contributed by atoms with E-state index >= 15 is 0 Å². The number of hydrogen-bond acceptors (Lipinski definition) is 3. The van der Waals surface area contributed by atoms with Crippen LogP contribution >= 0.6 is 0 Å². The van der Waals surface area contributed by atoms with Crippen molar-refractivity contribution in [1.82, 2.24) is 0 Å². The molecule has 92 valence electrons. The summed E-state index contributed by atoms with van der Waals surface area (Å²) in [5.74, 6) is 0.447. The maximum Gasteiger partial charge on any atom is 0.124 e. The van der Waals surface area contributed by atoms with Crippen molar-refractivity contribution >= 4 is 11.5 Å². The number of nitrogen functional groups attached to an aromatic ring is 1. The van der Waals surface area contributed by atoms with Crippen molar-refractivity contribution in [3.8, 4) is 0 Å². The average molecular weight is 233 g/mol. The Bertz CT molecular complexity index is 431. The van der Waals surface area contributed by atoms with E-state index in [1.807, 2.05) is 19.1 Å². The molecule has 1 aromatic carbocycles. The van der Waals surface area contributed by atoms with Gasteiger partial charge in [0.2, 0.25) is 0 Å². The first-order chi connectivity index (χ1) is 8.11. The molecule has 1 fully saturated rings. The van der Waals surface area contributed by atoms with Crippen LogP contribution < -0.4 is 10.6 Å². The van der Waals surface area contributed by atoms with Crippen LogP contribution in [0.2, 0.25) is 0 Å². The third-order valence-electron chi connectivity index (χ3n) is 3.33. The molecule has 1 aromatic rings. The van der Waals surface area contributed by atoms with E-state index in [2.05, 4.69) is 11.0 Å².